The minimum atomic E-state index is 0.371. The minimum Gasteiger partial charge on any atom is -0.265 e. The van der Waals surface area contributed by atoms with Crippen LogP contribution < -0.4 is 0 Å². The molecular weight excluding hydrogens is 262 g/mol. The average Bonchev–Trinajstić information content (AvgIpc) is 2.31. The second-order valence-electron chi connectivity index (χ2n) is 3.88. The number of rotatable bonds is 3. The molecule has 1 aromatic carbocycles. The SMILES string of the molecule is Cc1ccccc1C(Br)Cc1ccncc1. The number of nitrogens with zero attached hydrogens (tertiary/aromatic N) is 1. The highest BCUT2D eigenvalue weighted by Crippen LogP contribution is 2.28. The third-order valence-corrected chi connectivity index (χ3v) is 3.51. The van der Waals surface area contributed by atoms with Crippen LogP contribution in [0.15, 0.2) is 48.8 Å². The lowest BCUT2D eigenvalue weighted by molar-refractivity contribution is 0.934. The van der Waals surface area contributed by atoms with Crippen molar-refractivity contribution in [1.29, 1.82) is 0 Å². The summed E-state index contributed by atoms with van der Waals surface area (Å²) in [5, 5.41) is 0. The molecule has 1 unspecified atom stereocenters. The molecule has 1 nitrogen and oxygen atoms in total. The maximum atomic E-state index is 4.03. The van der Waals surface area contributed by atoms with E-state index in [0.717, 1.165) is 6.42 Å². The first-order valence-electron chi connectivity index (χ1n) is 5.36. The van der Waals surface area contributed by atoms with Gasteiger partial charge in [0, 0.05) is 17.2 Å². The van der Waals surface area contributed by atoms with Gasteiger partial charge in [0.15, 0.2) is 0 Å². The van der Waals surface area contributed by atoms with Crippen molar-refractivity contribution in [2.75, 3.05) is 0 Å². The van der Waals surface area contributed by atoms with Gasteiger partial charge in [0.05, 0.1) is 0 Å². The van der Waals surface area contributed by atoms with Crippen molar-refractivity contribution in [2.24, 2.45) is 0 Å². The molecule has 0 amide bonds. The monoisotopic (exact) mass is 275 g/mol. The van der Waals surface area contributed by atoms with Crippen LogP contribution in [0.4, 0.5) is 0 Å². The van der Waals surface area contributed by atoms with E-state index in [1.165, 1.54) is 16.7 Å². The van der Waals surface area contributed by atoms with E-state index in [-0.39, 0.29) is 0 Å². The zero-order chi connectivity index (χ0) is 11.4. The zero-order valence-electron chi connectivity index (χ0n) is 9.23. The van der Waals surface area contributed by atoms with E-state index >= 15 is 0 Å². The Bertz CT molecular complexity index is 453. The smallest absolute Gasteiger partial charge is 0.0438 e. The number of hydrogen-bond acceptors (Lipinski definition) is 1. The van der Waals surface area contributed by atoms with Crippen molar-refractivity contribution < 1.29 is 0 Å². The Kier molecular flexibility index (Phi) is 3.73. The van der Waals surface area contributed by atoms with Gasteiger partial charge in [-0.25, -0.2) is 0 Å². The van der Waals surface area contributed by atoms with Gasteiger partial charge >= 0.3 is 0 Å². The fourth-order valence-electron chi connectivity index (χ4n) is 1.77. The molecule has 16 heavy (non-hydrogen) atoms. The van der Waals surface area contributed by atoms with Gasteiger partial charge in [-0.1, -0.05) is 40.2 Å². The minimum absolute atomic E-state index is 0.371. The summed E-state index contributed by atoms with van der Waals surface area (Å²) in [4.78, 5) is 4.40. The van der Waals surface area contributed by atoms with Gasteiger partial charge in [-0.15, -0.1) is 0 Å². The van der Waals surface area contributed by atoms with Crippen molar-refractivity contribution >= 4 is 15.9 Å². The number of aromatic nitrogens is 1. The fourth-order valence-corrected chi connectivity index (χ4v) is 2.66. The molecule has 0 N–H and O–H groups in total. The number of hydrogen-bond donors (Lipinski definition) is 0. The van der Waals surface area contributed by atoms with Crippen LogP contribution >= 0.6 is 15.9 Å². The van der Waals surface area contributed by atoms with Crippen LogP contribution in [0.5, 0.6) is 0 Å². The molecule has 0 aliphatic carbocycles. The number of alkyl halides is 1. The molecule has 0 aliphatic heterocycles. The third kappa shape index (κ3) is 2.70. The first kappa shape index (κ1) is 11.3. The van der Waals surface area contributed by atoms with Crippen molar-refractivity contribution in [3.05, 3.63) is 65.5 Å². The maximum Gasteiger partial charge on any atom is 0.0438 e. The van der Waals surface area contributed by atoms with E-state index in [1.807, 2.05) is 12.4 Å². The van der Waals surface area contributed by atoms with Gasteiger partial charge in [0.25, 0.3) is 0 Å². The molecular formula is C14H14BrN. The second-order valence-corrected chi connectivity index (χ2v) is 4.99. The highest BCUT2D eigenvalue weighted by atomic mass is 79.9. The van der Waals surface area contributed by atoms with Crippen LogP contribution in [0.25, 0.3) is 0 Å². The van der Waals surface area contributed by atoms with Crippen LogP contribution in [0.3, 0.4) is 0 Å². The van der Waals surface area contributed by atoms with Gasteiger partial charge in [-0.2, -0.15) is 0 Å². The lowest BCUT2D eigenvalue weighted by Crippen LogP contribution is -1.97. The lowest BCUT2D eigenvalue weighted by atomic mass is 10.0. The largest absolute Gasteiger partial charge is 0.265 e. The summed E-state index contributed by atoms with van der Waals surface area (Å²) >= 11 is 3.75. The van der Waals surface area contributed by atoms with Crippen LogP contribution in [-0.4, -0.2) is 4.98 Å². The number of halogens is 1. The molecule has 0 fully saturated rings. The van der Waals surface area contributed by atoms with Crippen molar-refractivity contribution in [3.8, 4) is 0 Å². The lowest BCUT2D eigenvalue weighted by Gasteiger charge is -2.12. The average molecular weight is 276 g/mol. The molecule has 0 spiro atoms. The highest BCUT2D eigenvalue weighted by molar-refractivity contribution is 9.09. The van der Waals surface area contributed by atoms with Crippen LogP contribution in [-0.2, 0) is 6.42 Å². The molecule has 0 radical (unpaired) electrons. The standard InChI is InChI=1S/C14H14BrN/c1-11-4-2-3-5-13(11)14(15)10-12-6-8-16-9-7-12/h2-9,14H,10H2,1H3. The van der Waals surface area contributed by atoms with E-state index in [0.29, 0.717) is 4.83 Å². The van der Waals surface area contributed by atoms with Crippen LogP contribution in [0.2, 0.25) is 0 Å². The van der Waals surface area contributed by atoms with E-state index in [1.54, 1.807) is 0 Å². The Balaban J connectivity index is 2.15. The van der Waals surface area contributed by atoms with Crippen molar-refractivity contribution in [3.63, 3.8) is 0 Å². The Morgan fingerprint density at radius 1 is 1.12 bits per heavy atom. The van der Waals surface area contributed by atoms with Crippen molar-refractivity contribution in [2.45, 2.75) is 18.2 Å². The zero-order valence-corrected chi connectivity index (χ0v) is 10.8. The summed E-state index contributed by atoms with van der Waals surface area (Å²) in [5.41, 5.74) is 4.00. The molecule has 0 saturated heterocycles. The summed E-state index contributed by atoms with van der Waals surface area (Å²) in [6.45, 7) is 2.15. The first-order valence-corrected chi connectivity index (χ1v) is 6.27. The van der Waals surface area contributed by atoms with E-state index in [2.05, 4.69) is 64.2 Å². The number of aryl methyl sites for hydroxylation is 1. The number of pyridine rings is 1. The van der Waals surface area contributed by atoms with Crippen molar-refractivity contribution in [1.82, 2.24) is 4.98 Å². The topological polar surface area (TPSA) is 12.9 Å². The quantitative estimate of drug-likeness (QED) is 0.770. The molecule has 1 heterocycles. The molecule has 2 aromatic rings. The Labute approximate surface area is 105 Å². The Morgan fingerprint density at radius 3 is 2.50 bits per heavy atom. The van der Waals surface area contributed by atoms with E-state index < -0.39 is 0 Å². The van der Waals surface area contributed by atoms with Gasteiger partial charge in [-0.05, 0) is 42.2 Å². The third-order valence-electron chi connectivity index (χ3n) is 2.69. The summed E-state index contributed by atoms with van der Waals surface area (Å²) in [6, 6.07) is 12.6. The first-order chi connectivity index (χ1) is 7.77. The Hall–Kier alpha value is -1.15. The van der Waals surface area contributed by atoms with E-state index in [9.17, 15) is 0 Å². The molecule has 0 bridgehead atoms. The summed E-state index contributed by atoms with van der Waals surface area (Å²) in [7, 11) is 0. The Morgan fingerprint density at radius 2 is 1.81 bits per heavy atom. The summed E-state index contributed by atoms with van der Waals surface area (Å²) < 4.78 is 0. The van der Waals surface area contributed by atoms with Gasteiger partial charge in [0.1, 0.15) is 0 Å². The predicted octanol–water partition coefficient (Wildman–Crippen LogP) is 4.07. The molecule has 0 aliphatic rings. The molecule has 82 valence electrons. The molecule has 1 aromatic heterocycles. The summed E-state index contributed by atoms with van der Waals surface area (Å²) in [5.74, 6) is 0. The number of benzene rings is 1. The molecule has 1 atom stereocenters. The van der Waals surface area contributed by atoms with Gasteiger partial charge in [-0.3, -0.25) is 4.98 Å². The molecule has 0 saturated carbocycles. The van der Waals surface area contributed by atoms with Gasteiger partial charge < -0.3 is 0 Å². The van der Waals surface area contributed by atoms with Crippen LogP contribution in [0.1, 0.15) is 21.5 Å². The summed E-state index contributed by atoms with van der Waals surface area (Å²) in [6.07, 6.45) is 4.67. The maximum absolute atomic E-state index is 4.03. The van der Waals surface area contributed by atoms with Crippen LogP contribution in [0, 0.1) is 6.92 Å². The van der Waals surface area contributed by atoms with Gasteiger partial charge in [0.2, 0.25) is 0 Å². The molecule has 2 heteroatoms. The highest BCUT2D eigenvalue weighted by Gasteiger charge is 2.10. The van der Waals surface area contributed by atoms with E-state index in [4.69, 9.17) is 0 Å². The molecule has 2 rings (SSSR count). The fraction of sp³-hybridized carbons (Fsp3) is 0.214. The second kappa shape index (κ2) is 5.26. The predicted molar refractivity (Wildman–Crippen MR) is 70.8 cm³/mol. The normalized spacial score (nSPS) is 12.4.